The molecule has 0 aliphatic carbocycles. The molecule has 0 saturated carbocycles. The van der Waals surface area contributed by atoms with Crippen LogP contribution in [-0.4, -0.2) is 43.1 Å². The van der Waals surface area contributed by atoms with Crippen LogP contribution >= 0.6 is 0 Å². The molecule has 5 rings (SSSR count). The first kappa shape index (κ1) is 27.6. The van der Waals surface area contributed by atoms with Gasteiger partial charge in [-0.1, -0.05) is 0 Å². The fourth-order valence-corrected chi connectivity index (χ4v) is 5.02. The number of anilines is 2. The summed E-state index contributed by atoms with van der Waals surface area (Å²) in [5, 5.41) is 0. The van der Waals surface area contributed by atoms with Gasteiger partial charge in [0.2, 0.25) is 0 Å². The van der Waals surface area contributed by atoms with Crippen LogP contribution in [0.1, 0.15) is 50.3 Å². The van der Waals surface area contributed by atoms with Crippen molar-refractivity contribution in [3.8, 4) is 22.6 Å². The van der Waals surface area contributed by atoms with Crippen LogP contribution in [-0.2, 0) is 10.8 Å². The molecule has 9 heteroatoms. The maximum absolute atomic E-state index is 15.4. The molecule has 0 saturated heterocycles. The van der Waals surface area contributed by atoms with Crippen LogP contribution in [0.25, 0.3) is 22.6 Å². The highest BCUT2D eigenvalue weighted by Gasteiger charge is 2.35. The number of aromatic nitrogens is 3. The maximum atomic E-state index is 15.4. The Balaban J connectivity index is 1.99. The quantitative estimate of drug-likeness (QED) is 0.256. The molecule has 40 heavy (non-hydrogen) atoms. The zero-order valence-corrected chi connectivity index (χ0v) is 23.8. The van der Waals surface area contributed by atoms with Gasteiger partial charge in [0.05, 0.1) is 28.5 Å². The first-order valence-electron chi connectivity index (χ1n) is 12.9. The minimum atomic E-state index is -1.41. The zero-order valence-electron chi connectivity index (χ0n) is 23.8. The van der Waals surface area contributed by atoms with Crippen molar-refractivity contribution in [1.29, 1.82) is 0 Å². The van der Waals surface area contributed by atoms with Gasteiger partial charge in [0, 0.05) is 73.7 Å². The van der Waals surface area contributed by atoms with Crippen LogP contribution in [0.15, 0.2) is 42.5 Å². The molecule has 5 nitrogen and oxygen atoms in total. The van der Waals surface area contributed by atoms with E-state index >= 15 is 17.6 Å². The molecule has 3 aromatic heterocycles. The summed E-state index contributed by atoms with van der Waals surface area (Å²) in [5.41, 5.74) is 0.546. The van der Waals surface area contributed by atoms with Gasteiger partial charge in [0.1, 0.15) is 23.1 Å². The summed E-state index contributed by atoms with van der Waals surface area (Å²) in [7, 11) is 7.41. The average molecular weight is 550 g/mol. The fraction of sp³-hybridized carbons (Fsp3) is 0.323. The van der Waals surface area contributed by atoms with Crippen LogP contribution < -0.4 is 9.80 Å². The third kappa shape index (κ3) is 4.37. The summed E-state index contributed by atoms with van der Waals surface area (Å²) in [6, 6.07) is 10.0. The molecule has 0 spiro atoms. The molecule has 1 aliphatic heterocycles. The summed E-state index contributed by atoms with van der Waals surface area (Å²) in [5.74, 6) is -3.51. The largest absolute Gasteiger partial charge is 0.378 e. The van der Waals surface area contributed by atoms with E-state index < -0.39 is 34.1 Å². The SMILES string of the molecule is CN(C)c1cc2nc(c1)C(C)(C)c1cc(N(C)C)cc(n1)-c1nc(c(F)cc1F)C(C)(C)c1cc-2c(F)cc1F. The molecule has 4 heterocycles. The lowest BCUT2D eigenvalue weighted by molar-refractivity contribution is 0.486. The van der Waals surface area contributed by atoms with Crippen LogP contribution in [0, 0.1) is 23.3 Å². The minimum Gasteiger partial charge on any atom is -0.378 e. The van der Waals surface area contributed by atoms with E-state index in [1.165, 1.54) is 6.07 Å². The Morgan fingerprint density at radius 1 is 0.550 bits per heavy atom. The Bertz CT molecular complexity index is 1540. The third-order valence-corrected chi connectivity index (χ3v) is 7.70. The number of nitrogens with zero attached hydrogens (tertiary/aromatic N) is 5. The summed E-state index contributed by atoms with van der Waals surface area (Å²) in [6.07, 6.45) is 0. The highest BCUT2D eigenvalue weighted by Crippen LogP contribution is 2.41. The number of halogens is 4. The Hall–Kier alpha value is -4.01. The van der Waals surface area contributed by atoms with E-state index in [9.17, 15) is 0 Å². The Kier molecular flexibility index (Phi) is 6.39. The summed E-state index contributed by atoms with van der Waals surface area (Å²) >= 11 is 0. The van der Waals surface area contributed by atoms with Crippen molar-refractivity contribution in [2.75, 3.05) is 38.0 Å². The molecular weight excluding hydrogens is 518 g/mol. The van der Waals surface area contributed by atoms with Gasteiger partial charge in [-0.3, -0.25) is 4.98 Å². The second-order valence-electron chi connectivity index (χ2n) is 11.7. The maximum Gasteiger partial charge on any atom is 0.154 e. The molecule has 1 aromatic carbocycles. The van der Waals surface area contributed by atoms with Crippen molar-refractivity contribution in [2.24, 2.45) is 0 Å². The molecule has 0 unspecified atom stereocenters. The highest BCUT2D eigenvalue weighted by atomic mass is 19.1. The number of pyridine rings is 3. The summed E-state index contributed by atoms with van der Waals surface area (Å²) < 4.78 is 61.6. The lowest BCUT2D eigenvalue weighted by atomic mass is 9.79. The first-order valence-corrected chi connectivity index (χ1v) is 12.9. The number of hydrogen-bond acceptors (Lipinski definition) is 5. The van der Waals surface area contributed by atoms with Crippen LogP contribution in [0.3, 0.4) is 0 Å². The Morgan fingerprint density at radius 3 is 1.65 bits per heavy atom. The van der Waals surface area contributed by atoms with Gasteiger partial charge in [0.25, 0.3) is 0 Å². The zero-order chi connectivity index (χ0) is 29.3. The van der Waals surface area contributed by atoms with Crippen LogP contribution in [0.5, 0.6) is 0 Å². The molecule has 1 aliphatic rings. The Morgan fingerprint density at radius 2 is 1.07 bits per heavy atom. The van der Waals surface area contributed by atoms with Crippen LogP contribution in [0.4, 0.5) is 28.9 Å². The third-order valence-electron chi connectivity index (χ3n) is 7.70. The fourth-order valence-electron chi connectivity index (χ4n) is 5.02. The van der Waals surface area contributed by atoms with Crippen molar-refractivity contribution in [3.05, 3.63) is 88.4 Å². The second-order valence-corrected chi connectivity index (χ2v) is 11.7. The molecule has 0 fully saturated rings. The van der Waals surface area contributed by atoms with Gasteiger partial charge in [-0.05, 0) is 58.0 Å². The molecule has 0 N–H and O–H groups in total. The number of benzene rings is 1. The van der Waals surface area contributed by atoms with E-state index in [1.54, 1.807) is 26.0 Å². The van der Waals surface area contributed by atoms with Gasteiger partial charge in [-0.2, -0.15) is 0 Å². The molecule has 208 valence electrons. The van der Waals surface area contributed by atoms with Gasteiger partial charge in [0.15, 0.2) is 5.82 Å². The lowest BCUT2D eigenvalue weighted by Crippen LogP contribution is -2.27. The summed E-state index contributed by atoms with van der Waals surface area (Å²) in [6.45, 7) is 6.98. The normalized spacial score (nSPS) is 14.9. The van der Waals surface area contributed by atoms with Gasteiger partial charge in [-0.15, -0.1) is 0 Å². The predicted octanol–water partition coefficient (Wildman–Crippen LogP) is 6.86. The minimum absolute atomic E-state index is 0.00141. The van der Waals surface area contributed by atoms with E-state index in [2.05, 4.69) is 4.98 Å². The van der Waals surface area contributed by atoms with E-state index in [-0.39, 0.29) is 33.9 Å². The van der Waals surface area contributed by atoms with Gasteiger partial charge >= 0.3 is 0 Å². The van der Waals surface area contributed by atoms with Gasteiger partial charge in [-0.25, -0.2) is 27.5 Å². The van der Waals surface area contributed by atoms with Crippen molar-refractivity contribution in [1.82, 2.24) is 15.0 Å². The number of rotatable bonds is 2. The number of fused-ring (bicyclic) bond motifs is 10. The first-order chi connectivity index (χ1) is 18.6. The smallest absolute Gasteiger partial charge is 0.154 e. The standard InChI is InChI=1S/C31H31F4N5/c1-30(2)19-13-18(20(32)14-21(19)33)24-9-16(39(5)6)11-26(36-24)31(3,4)27-12-17(40(7)8)10-25(37-27)28-22(34)15-23(35)29(30)38-28/h9-15H,1-8H3. The predicted molar refractivity (Wildman–Crippen MR) is 150 cm³/mol. The van der Waals surface area contributed by atoms with Crippen molar-refractivity contribution in [3.63, 3.8) is 0 Å². The number of hydrogen-bond donors (Lipinski definition) is 0. The van der Waals surface area contributed by atoms with E-state index in [4.69, 9.17) is 9.97 Å². The van der Waals surface area contributed by atoms with E-state index in [1.807, 2.05) is 64.0 Å². The van der Waals surface area contributed by atoms with Crippen molar-refractivity contribution >= 4 is 11.4 Å². The van der Waals surface area contributed by atoms with Crippen molar-refractivity contribution < 1.29 is 17.6 Å². The molecule has 0 radical (unpaired) electrons. The van der Waals surface area contributed by atoms with Gasteiger partial charge < -0.3 is 9.80 Å². The molecule has 4 aromatic rings. The Labute approximate surface area is 231 Å². The monoisotopic (exact) mass is 549 g/mol. The molecular formula is C31H31F4N5. The van der Waals surface area contributed by atoms with E-state index in [0.29, 0.717) is 11.4 Å². The van der Waals surface area contributed by atoms with Crippen molar-refractivity contribution in [2.45, 2.75) is 38.5 Å². The lowest BCUT2D eigenvalue weighted by Gasteiger charge is -2.30. The molecule has 0 amide bonds. The molecule has 0 atom stereocenters. The topological polar surface area (TPSA) is 45.2 Å². The summed E-state index contributed by atoms with van der Waals surface area (Å²) in [4.78, 5) is 17.8. The van der Waals surface area contributed by atoms with Crippen LogP contribution in [0.2, 0.25) is 0 Å². The van der Waals surface area contributed by atoms with E-state index in [0.717, 1.165) is 23.5 Å². The molecule has 8 bridgehead atoms. The average Bonchev–Trinajstić information content (AvgIpc) is 2.87. The highest BCUT2D eigenvalue weighted by molar-refractivity contribution is 5.69. The second kappa shape index (κ2) is 9.28.